The molecule has 1 aliphatic rings. The van der Waals surface area contributed by atoms with Gasteiger partial charge >= 0.3 is 0 Å². The normalized spacial score (nSPS) is 31.2. The van der Waals surface area contributed by atoms with Crippen LogP contribution in [0.2, 0.25) is 0 Å². The Morgan fingerprint density at radius 2 is 1.65 bits per heavy atom. The number of aliphatic hydroxyl groups is 4. The topological polar surface area (TPSA) is 120 Å². The molecule has 0 aromatic heterocycles. The van der Waals surface area contributed by atoms with Gasteiger partial charge in [-0.25, -0.2) is 0 Å². The lowest BCUT2D eigenvalue weighted by molar-refractivity contribution is -0.277. The Bertz CT molecular complexity index is 682. The monoisotopic (exact) mass is 322 g/mol. The quantitative estimate of drug-likeness (QED) is 0.527. The summed E-state index contributed by atoms with van der Waals surface area (Å²) in [5, 5.41) is 50.0. The van der Waals surface area contributed by atoms with Gasteiger partial charge in [0.05, 0.1) is 12.0 Å². The van der Waals surface area contributed by atoms with Gasteiger partial charge < -0.3 is 35.0 Å². The van der Waals surface area contributed by atoms with Gasteiger partial charge in [0.15, 0.2) is 0 Å². The molecule has 0 bridgehead atoms. The first-order valence-corrected chi connectivity index (χ1v) is 7.21. The molecule has 5 unspecified atom stereocenters. The maximum absolute atomic E-state index is 10.0. The Labute approximate surface area is 131 Å². The molecule has 1 heterocycles. The lowest BCUT2D eigenvalue weighted by Gasteiger charge is -2.39. The number of ether oxygens (including phenoxy) is 2. The third-order valence-electron chi connectivity index (χ3n) is 3.94. The Morgan fingerprint density at radius 1 is 0.957 bits per heavy atom. The zero-order chi connectivity index (χ0) is 16.6. The minimum Gasteiger partial charge on any atom is -0.507 e. The van der Waals surface area contributed by atoms with Crippen LogP contribution < -0.4 is 4.74 Å². The van der Waals surface area contributed by atoms with E-state index in [1.807, 2.05) is 0 Å². The minimum absolute atomic E-state index is 0.00249. The van der Waals surface area contributed by atoms with Gasteiger partial charge in [0.1, 0.15) is 35.9 Å². The van der Waals surface area contributed by atoms with Gasteiger partial charge in [-0.3, -0.25) is 0 Å². The van der Waals surface area contributed by atoms with E-state index in [1.54, 1.807) is 30.3 Å². The van der Waals surface area contributed by atoms with E-state index in [9.17, 15) is 25.5 Å². The number of phenols is 1. The van der Waals surface area contributed by atoms with Crippen LogP contribution in [0.25, 0.3) is 10.8 Å². The van der Waals surface area contributed by atoms with Crippen molar-refractivity contribution in [2.75, 3.05) is 6.61 Å². The van der Waals surface area contributed by atoms with Gasteiger partial charge in [0.25, 0.3) is 0 Å². The molecule has 2 aromatic rings. The van der Waals surface area contributed by atoms with E-state index in [-0.39, 0.29) is 11.5 Å². The predicted molar refractivity (Wildman–Crippen MR) is 80.0 cm³/mol. The van der Waals surface area contributed by atoms with Crippen LogP contribution in [0.1, 0.15) is 0 Å². The van der Waals surface area contributed by atoms with Crippen molar-refractivity contribution in [2.24, 2.45) is 0 Å². The molecule has 3 rings (SSSR count). The predicted octanol–water partition coefficient (Wildman–Crippen LogP) is -0.276. The molecule has 5 N–H and O–H groups in total. The number of aromatic hydroxyl groups is 1. The molecular weight excluding hydrogens is 304 g/mol. The molecule has 5 atom stereocenters. The van der Waals surface area contributed by atoms with Crippen molar-refractivity contribution in [3.63, 3.8) is 0 Å². The summed E-state index contributed by atoms with van der Waals surface area (Å²) in [5.74, 6) is 0.257. The van der Waals surface area contributed by atoms with Crippen molar-refractivity contribution in [2.45, 2.75) is 30.7 Å². The zero-order valence-corrected chi connectivity index (χ0v) is 12.1. The maximum atomic E-state index is 10.0. The van der Waals surface area contributed by atoms with E-state index in [0.717, 1.165) is 5.39 Å². The summed E-state index contributed by atoms with van der Waals surface area (Å²) in [6, 6.07) is 10.1. The summed E-state index contributed by atoms with van der Waals surface area (Å²) in [6.07, 6.45) is -6.82. The molecule has 0 spiro atoms. The molecule has 0 aliphatic carbocycles. The SMILES string of the molecule is OCC1OC(Oc2cccc3cccc(O)c23)C(O)C(O)C1O. The fourth-order valence-electron chi connectivity index (χ4n) is 2.68. The Morgan fingerprint density at radius 3 is 2.35 bits per heavy atom. The second-order valence-electron chi connectivity index (χ2n) is 5.45. The standard InChI is InChI=1S/C16H18O7/c17-7-11-13(19)14(20)15(21)16(23-11)22-10-6-2-4-8-3-1-5-9(18)12(8)10/h1-6,11,13-21H,7H2. The summed E-state index contributed by atoms with van der Waals surface area (Å²) < 4.78 is 10.9. The second-order valence-corrected chi connectivity index (χ2v) is 5.45. The fraction of sp³-hybridized carbons (Fsp3) is 0.375. The second kappa shape index (κ2) is 6.31. The van der Waals surface area contributed by atoms with Crippen LogP contribution in [-0.4, -0.2) is 62.8 Å². The van der Waals surface area contributed by atoms with Crippen molar-refractivity contribution in [1.29, 1.82) is 0 Å². The fourth-order valence-corrected chi connectivity index (χ4v) is 2.68. The number of fused-ring (bicyclic) bond motifs is 1. The number of rotatable bonds is 3. The van der Waals surface area contributed by atoms with Crippen molar-refractivity contribution < 1.29 is 35.0 Å². The number of benzene rings is 2. The summed E-state index contributed by atoms with van der Waals surface area (Å²) in [5.41, 5.74) is 0. The molecule has 0 amide bonds. The minimum atomic E-state index is -1.52. The highest BCUT2D eigenvalue weighted by molar-refractivity contribution is 5.93. The molecular formula is C16H18O7. The summed E-state index contributed by atoms with van der Waals surface area (Å²) >= 11 is 0. The van der Waals surface area contributed by atoms with E-state index in [1.165, 1.54) is 6.07 Å². The molecule has 1 fully saturated rings. The third-order valence-corrected chi connectivity index (χ3v) is 3.94. The van der Waals surface area contributed by atoms with E-state index in [2.05, 4.69) is 0 Å². The molecule has 7 nitrogen and oxygen atoms in total. The average Bonchev–Trinajstić information content (AvgIpc) is 2.55. The number of hydrogen-bond acceptors (Lipinski definition) is 7. The molecule has 7 heteroatoms. The van der Waals surface area contributed by atoms with Crippen LogP contribution in [0.4, 0.5) is 0 Å². The first kappa shape index (κ1) is 16.0. The Hall–Kier alpha value is -1.90. The third kappa shape index (κ3) is 2.85. The highest BCUT2D eigenvalue weighted by Crippen LogP contribution is 2.35. The van der Waals surface area contributed by atoms with Crippen LogP contribution in [0.15, 0.2) is 36.4 Å². The Kier molecular flexibility index (Phi) is 4.38. The van der Waals surface area contributed by atoms with Crippen molar-refractivity contribution in [3.05, 3.63) is 36.4 Å². The van der Waals surface area contributed by atoms with Gasteiger partial charge in [0, 0.05) is 0 Å². The smallest absolute Gasteiger partial charge is 0.229 e. The molecule has 0 radical (unpaired) electrons. The van der Waals surface area contributed by atoms with E-state index < -0.39 is 37.3 Å². The van der Waals surface area contributed by atoms with Crippen molar-refractivity contribution in [3.8, 4) is 11.5 Å². The van der Waals surface area contributed by atoms with Gasteiger partial charge in [-0.05, 0) is 17.5 Å². The molecule has 0 saturated carbocycles. The van der Waals surface area contributed by atoms with Crippen molar-refractivity contribution in [1.82, 2.24) is 0 Å². The lowest BCUT2D eigenvalue weighted by Crippen LogP contribution is -2.60. The molecule has 2 aromatic carbocycles. The maximum Gasteiger partial charge on any atom is 0.229 e. The first-order valence-electron chi connectivity index (χ1n) is 7.21. The molecule has 1 aliphatic heterocycles. The van der Waals surface area contributed by atoms with Crippen LogP contribution in [0.3, 0.4) is 0 Å². The van der Waals surface area contributed by atoms with E-state index in [4.69, 9.17) is 9.47 Å². The largest absolute Gasteiger partial charge is 0.507 e. The molecule has 1 saturated heterocycles. The molecule has 23 heavy (non-hydrogen) atoms. The summed E-state index contributed by atoms with van der Waals surface area (Å²) in [6.45, 7) is -0.536. The van der Waals surface area contributed by atoms with Gasteiger partial charge in [-0.1, -0.05) is 24.3 Å². The van der Waals surface area contributed by atoms with Gasteiger partial charge in [0.2, 0.25) is 6.29 Å². The van der Waals surface area contributed by atoms with Gasteiger partial charge in [-0.2, -0.15) is 0 Å². The van der Waals surface area contributed by atoms with Crippen molar-refractivity contribution >= 4 is 10.8 Å². The highest BCUT2D eigenvalue weighted by atomic mass is 16.7. The molecule has 124 valence electrons. The highest BCUT2D eigenvalue weighted by Gasteiger charge is 2.44. The van der Waals surface area contributed by atoms with Crippen LogP contribution in [0, 0.1) is 0 Å². The zero-order valence-electron chi connectivity index (χ0n) is 12.1. The van der Waals surface area contributed by atoms with E-state index in [0.29, 0.717) is 5.39 Å². The van der Waals surface area contributed by atoms with Gasteiger partial charge in [-0.15, -0.1) is 0 Å². The van der Waals surface area contributed by atoms with Crippen LogP contribution in [0.5, 0.6) is 11.5 Å². The number of phenolic OH excluding ortho intramolecular Hbond substituents is 1. The summed E-state index contributed by atoms with van der Waals surface area (Å²) in [7, 11) is 0. The summed E-state index contributed by atoms with van der Waals surface area (Å²) in [4.78, 5) is 0. The van der Waals surface area contributed by atoms with Crippen LogP contribution in [-0.2, 0) is 4.74 Å². The Balaban J connectivity index is 1.92. The number of hydrogen-bond donors (Lipinski definition) is 5. The average molecular weight is 322 g/mol. The first-order chi connectivity index (χ1) is 11.0. The number of aliphatic hydroxyl groups excluding tert-OH is 4. The van der Waals surface area contributed by atoms with Crippen LogP contribution >= 0.6 is 0 Å². The lowest BCUT2D eigenvalue weighted by atomic mass is 9.99. The van der Waals surface area contributed by atoms with E-state index >= 15 is 0 Å².